The fourth-order valence-corrected chi connectivity index (χ4v) is 5.20. The smallest absolute Gasteiger partial charge is 0.0424 e. The third-order valence-corrected chi connectivity index (χ3v) is 7.67. The Kier molecular flexibility index (Phi) is 4.79. The first-order valence-corrected chi connectivity index (χ1v) is 7.55. The molecule has 0 radical (unpaired) electrons. The second kappa shape index (κ2) is 4.98. The zero-order valence-corrected chi connectivity index (χ0v) is 13.0. The summed E-state index contributed by atoms with van der Waals surface area (Å²) in [5.74, 6) is 0.761. The minimum absolute atomic E-state index is 0.313. The first kappa shape index (κ1) is 12.5. The first-order valence-electron chi connectivity index (χ1n) is 4.93. The van der Waals surface area contributed by atoms with E-state index in [2.05, 4.69) is 61.6 Å². The number of rotatable bonds is 2. The topological polar surface area (TPSA) is 0 Å². The molecule has 1 fully saturated rings. The van der Waals surface area contributed by atoms with Gasteiger partial charge in [-0.2, -0.15) is 0 Å². The van der Waals surface area contributed by atoms with Crippen LogP contribution in [-0.2, 0) is 0 Å². The van der Waals surface area contributed by atoms with Crippen molar-refractivity contribution in [2.24, 2.45) is 5.92 Å². The average Bonchev–Trinajstić information content (AvgIpc) is 1.99. The lowest BCUT2D eigenvalue weighted by atomic mass is 9.83. The van der Waals surface area contributed by atoms with E-state index in [-0.39, 0.29) is 0 Å². The molecule has 1 aliphatic rings. The highest BCUT2D eigenvalue weighted by Gasteiger charge is 2.41. The maximum atomic E-state index is 3.93. The minimum Gasteiger partial charge on any atom is -0.0878 e. The van der Waals surface area contributed by atoms with Gasteiger partial charge in [-0.1, -0.05) is 68.1 Å². The lowest BCUT2D eigenvalue weighted by Crippen LogP contribution is -2.42. The lowest BCUT2D eigenvalue weighted by molar-refractivity contribution is 0.371. The van der Waals surface area contributed by atoms with Crippen LogP contribution in [0, 0.1) is 5.92 Å². The molecule has 78 valence electrons. The van der Waals surface area contributed by atoms with Gasteiger partial charge >= 0.3 is 0 Å². The van der Waals surface area contributed by atoms with Gasteiger partial charge in [0, 0.05) is 14.0 Å². The van der Waals surface area contributed by atoms with Crippen molar-refractivity contribution in [2.75, 3.05) is 0 Å². The van der Waals surface area contributed by atoms with Crippen molar-refractivity contribution in [3.63, 3.8) is 0 Å². The van der Waals surface area contributed by atoms with Crippen molar-refractivity contribution >= 4 is 47.8 Å². The van der Waals surface area contributed by atoms with Gasteiger partial charge in [-0.3, -0.25) is 0 Å². The van der Waals surface area contributed by atoms with Crippen LogP contribution in [0.1, 0.15) is 39.5 Å². The molecule has 3 unspecified atom stereocenters. The molecule has 0 aromatic carbocycles. The molecule has 0 aromatic rings. The van der Waals surface area contributed by atoms with E-state index in [1.807, 2.05) is 0 Å². The van der Waals surface area contributed by atoms with Crippen LogP contribution in [-0.4, -0.2) is 14.0 Å². The zero-order chi connectivity index (χ0) is 10.1. The van der Waals surface area contributed by atoms with Crippen LogP contribution >= 0.6 is 47.8 Å². The predicted molar refractivity (Wildman–Crippen MR) is 70.4 cm³/mol. The van der Waals surface area contributed by atoms with Crippen LogP contribution in [0.5, 0.6) is 0 Å². The van der Waals surface area contributed by atoms with Crippen molar-refractivity contribution in [1.29, 1.82) is 0 Å². The van der Waals surface area contributed by atoms with Gasteiger partial charge in [0.1, 0.15) is 0 Å². The third-order valence-electron chi connectivity index (χ3n) is 2.63. The van der Waals surface area contributed by atoms with Gasteiger partial charge in [0.05, 0.1) is 0 Å². The molecular weight excluding hydrogens is 360 g/mol. The summed E-state index contributed by atoms with van der Waals surface area (Å²) in [5, 5.41) is 0. The number of hydrogen-bond acceptors (Lipinski definition) is 0. The van der Waals surface area contributed by atoms with Gasteiger partial charge in [0.15, 0.2) is 0 Å². The van der Waals surface area contributed by atoms with Crippen molar-refractivity contribution in [1.82, 2.24) is 0 Å². The molecule has 13 heavy (non-hydrogen) atoms. The van der Waals surface area contributed by atoms with E-state index in [0.717, 1.165) is 5.92 Å². The summed E-state index contributed by atoms with van der Waals surface area (Å²) in [6, 6.07) is 0. The molecule has 3 heteroatoms. The van der Waals surface area contributed by atoms with E-state index in [9.17, 15) is 0 Å². The van der Waals surface area contributed by atoms with E-state index < -0.39 is 0 Å². The molecule has 3 atom stereocenters. The van der Waals surface area contributed by atoms with Gasteiger partial charge in [-0.25, -0.2) is 0 Å². The maximum Gasteiger partial charge on any atom is 0.0424 e. The molecule has 0 spiro atoms. The highest BCUT2D eigenvalue weighted by molar-refractivity contribution is 9.14. The van der Waals surface area contributed by atoms with Crippen LogP contribution in [0.3, 0.4) is 0 Å². The quantitative estimate of drug-likeness (QED) is 0.603. The Morgan fingerprint density at radius 2 is 2.00 bits per heavy atom. The van der Waals surface area contributed by atoms with Gasteiger partial charge in [-0.05, 0) is 25.2 Å². The van der Waals surface area contributed by atoms with Crippen LogP contribution in [0.25, 0.3) is 0 Å². The zero-order valence-electron chi connectivity index (χ0n) is 8.19. The first-order chi connectivity index (χ1) is 5.96. The number of hydrogen-bond donors (Lipinski definition) is 0. The molecular formula is C10H17Br3. The van der Waals surface area contributed by atoms with E-state index in [0.29, 0.717) is 14.0 Å². The summed E-state index contributed by atoms with van der Waals surface area (Å²) >= 11 is 11.5. The Bertz CT molecular complexity index is 170. The average molecular weight is 377 g/mol. The fourth-order valence-electron chi connectivity index (χ4n) is 2.09. The monoisotopic (exact) mass is 374 g/mol. The van der Waals surface area contributed by atoms with E-state index in [4.69, 9.17) is 0 Å². The summed E-state index contributed by atoms with van der Waals surface area (Å²) in [4.78, 5) is 1.19. The van der Waals surface area contributed by atoms with Crippen LogP contribution < -0.4 is 0 Å². The van der Waals surface area contributed by atoms with Crippen LogP contribution in [0.4, 0.5) is 0 Å². The summed E-state index contributed by atoms with van der Waals surface area (Å²) in [5.41, 5.74) is 0. The van der Waals surface area contributed by atoms with Crippen molar-refractivity contribution < 1.29 is 0 Å². The molecule has 0 nitrogen and oxygen atoms in total. The Labute approximate surface area is 107 Å². The molecule has 0 bridgehead atoms. The molecule has 1 saturated carbocycles. The Hall–Kier alpha value is 1.44. The van der Waals surface area contributed by atoms with Gasteiger partial charge in [-0.15, -0.1) is 0 Å². The van der Waals surface area contributed by atoms with Crippen molar-refractivity contribution in [3.05, 3.63) is 0 Å². The standard InChI is InChI=1S/C10H17Br3/c1-7(2)6-10(13)5-3-4-8(11)9(10)12/h7-9H,3-6H2,1-2H3. The van der Waals surface area contributed by atoms with Crippen LogP contribution in [0.15, 0.2) is 0 Å². The Morgan fingerprint density at radius 1 is 1.38 bits per heavy atom. The van der Waals surface area contributed by atoms with Gasteiger partial charge in [0.2, 0.25) is 0 Å². The van der Waals surface area contributed by atoms with E-state index >= 15 is 0 Å². The normalized spacial score (nSPS) is 41.1. The molecule has 0 N–H and O–H groups in total. The third kappa shape index (κ3) is 3.20. The van der Waals surface area contributed by atoms with Gasteiger partial charge < -0.3 is 0 Å². The van der Waals surface area contributed by atoms with Gasteiger partial charge in [0.25, 0.3) is 0 Å². The molecule has 1 rings (SSSR count). The molecule has 0 heterocycles. The molecule has 0 saturated heterocycles. The second-order valence-electron chi connectivity index (χ2n) is 4.44. The summed E-state index contributed by atoms with van der Waals surface area (Å²) < 4.78 is 0.313. The SMILES string of the molecule is CC(C)CC1(Br)CCCC(Br)C1Br. The maximum absolute atomic E-state index is 3.93. The van der Waals surface area contributed by atoms with Crippen LogP contribution in [0.2, 0.25) is 0 Å². The minimum atomic E-state index is 0.313. The van der Waals surface area contributed by atoms with E-state index in [1.165, 1.54) is 25.7 Å². The van der Waals surface area contributed by atoms with E-state index in [1.54, 1.807) is 0 Å². The molecule has 1 aliphatic carbocycles. The highest BCUT2D eigenvalue weighted by atomic mass is 79.9. The second-order valence-corrected chi connectivity index (χ2v) is 8.18. The number of halogens is 3. The Balaban J connectivity index is 2.63. The van der Waals surface area contributed by atoms with Crippen molar-refractivity contribution in [2.45, 2.75) is 53.5 Å². The largest absolute Gasteiger partial charge is 0.0878 e. The summed E-state index contributed by atoms with van der Waals surface area (Å²) in [6.45, 7) is 4.58. The summed E-state index contributed by atoms with van der Waals surface area (Å²) in [6.07, 6.45) is 5.17. The van der Waals surface area contributed by atoms with Crippen molar-refractivity contribution in [3.8, 4) is 0 Å². The fraction of sp³-hybridized carbons (Fsp3) is 1.00. The highest BCUT2D eigenvalue weighted by Crippen LogP contribution is 2.46. The lowest BCUT2D eigenvalue weighted by Gasteiger charge is -2.40. The molecule has 0 aromatic heterocycles. The molecule has 0 aliphatic heterocycles. The molecule has 0 amide bonds. The summed E-state index contributed by atoms with van der Waals surface area (Å²) in [7, 11) is 0. The predicted octanol–water partition coefficient (Wildman–Crippen LogP) is 4.88. The number of alkyl halides is 3. The Morgan fingerprint density at radius 3 is 2.54 bits per heavy atom.